The summed E-state index contributed by atoms with van der Waals surface area (Å²) in [6, 6.07) is 13.6. The Bertz CT molecular complexity index is 919. The number of rotatable bonds is 3. The van der Waals surface area contributed by atoms with E-state index in [1.807, 2.05) is 31.2 Å². The molecule has 0 spiro atoms. The van der Waals surface area contributed by atoms with Crippen molar-refractivity contribution in [1.29, 1.82) is 0 Å². The monoisotopic (exact) mass is 361 g/mol. The van der Waals surface area contributed by atoms with Gasteiger partial charge in [-0.05, 0) is 44.0 Å². The molecule has 2 aromatic rings. The minimum atomic E-state index is -0.482. The van der Waals surface area contributed by atoms with Gasteiger partial charge in [-0.3, -0.25) is 9.59 Å². The number of aryl methyl sites for hydroxylation is 1. The molecule has 2 aliphatic rings. The Kier molecular flexibility index (Phi) is 4.36. The van der Waals surface area contributed by atoms with E-state index < -0.39 is 5.97 Å². The Balaban J connectivity index is 1.56. The van der Waals surface area contributed by atoms with Crippen molar-refractivity contribution < 1.29 is 19.1 Å². The lowest BCUT2D eigenvalue weighted by Crippen LogP contribution is -2.30. The predicted molar refractivity (Wildman–Crippen MR) is 100 cm³/mol. The van der Waals surface area contributed by atoms with Crippen LogP contribution in [0, 0.1) is 18.8 Å². The largest absolute Gasteiger partial charge is 0.423 e. The first-order valence-corrected chi connectivity index (χ1v) is 8.96. The lowest BCUT2D eigenvalue weighted by atomic mass is 9.85. The van der Waals surface area contributed by atoms with Gasteiger partial charge in [-0.1, -0.05) is 35.9 Å². The third-order valence-electron chi connectivity index (χ3n) is 5.08. The Morgan fingerprint density at radius 2 is 1.59 bits per heavy atom. The zero-order valence-corrected chi connectivity index (χ0v) is 14.9. The SMILES string of the molecule is Cc1ccc(C(=O)Oc2cccc(N3C(=O)[C@H]4CC=CC[C@@H]4C3=O)c2)cc1. The molecule has 5 heteroatoms. The first kappa shape index (κ1) is 17.2. The predicted octanol–water partition coefficient (Wildman–Crippen LogP) is 3.67. The quantitative estimate of drug-likeness (QED) is 0.362. The van der Waals surface area contributed by atoms with Crippen LogP contribution in [0.25, 0.3) is 0 Å². The van der Waals surface area contributed by atoms with Crippen LogP contribution in [0.15, 0.2) is 60.7 Å². The summed E-state index contributed by atoms with van der Waals surface area (Å²) in [5, 5.41) is 0. The molecule has 2 aromatic carbocycles. The summed E-state index contributed by atoms with van der Waals surface area (Å²) in [7, 11) is 0. The first-order chi connectivity index (χ1) is 13.0. The number of nitrogens with zero attached hydrogens (tertiary/aromatic N) is 1. The minimum Gasteiger partial charge on any atom is -0.423 e. The molecule has 5 nitrogen and oxygen atoms in total. The van der Waals surface area contributed by atoms with Crippen LogP contribution < -0.4 is 9.64 Å². The number of benzene rings is 2. The molecular formula is C22H19NO4. The highest BCUT2D eigenvalue weighted by Gasteiger charge is 2.47. The zero-order chi connectivity index (χ0) is 19.0. The molecule has 27 heavy (non-hydrogen) atoms. The molecule has 1 aliphatic carbocycles. The fraction of sp³-hybridized carbons (Fsp3) is 0.227. The van der Waals surface area contributed by atoms with Gasteiger partial charge in [0.2, 0.25) is 11.8 Å². The number of carbonyl (C=O) groups is 3. The standard InChI is InChI=1S/C22H19NO4/c1-14-9-11-15(12-10-14)22(26)27-17-6-4-5-16(13-17)23-20(24)18-7-2-3-8-19(18)21(23)25/h2-6,9-13,18-19H,7-8H2,1H3/t18-,19-/m0/s1. The molecule has 0 aromatic heterocycles. The molecule has 1 saturated heterocycles. The number of ether oxygens (including phenoxy) is 1. The lowest BCUT2D eigenvalue weighted by molar-refractivity contribution is -0.122. The first-order valence-electron chi connectivity index (χ1n) is 8.96. The van der Waals surface area contributed by atoms with E-state index >= 15 is 0 Å². The summed E-state index contributed by atoms with van der Waals surface area (Å²) in [5.74, 6) is -1.13. The molecular weight excluding hydrogens is 342 g/mol. The van der Waals surface area contributed by atoms with E-state index in [1.54, 1.807) is 36.4 Å². The van der Waals surface area contributed by atoms with E-state index in [0.717, 1.165) is 5.56 Å². The molecule has 2 amide bonds. The van der Waals surface area contributed by atoms with Crippen molar-refractivity contribution in [2.45, 2.75) is 19.8 Å². The summed E-state index contributed by atoms with van der Waals surface area (Å²) in [4.78, 5) is 38.9. The summed E-state index contributed by atoms with van der Waals surface area (Å²) >= 11 is 0. The molecule has 2 atom stereocenters. The highest BCUT2D eigenvalue weighted by Crippen LogP contribution is 2.38. The highest BCUT2D eigenvalue weighted by molar-refractivity contribution is 6.22. The Hall–Kier alpha value is -3.21. The number of carbonyl (C=O) groups excluding carboxylic acids is 3. The van der Waals surface area contributed by atoms with Gasteiger partial charge in [0.1, 0.15) is 5.75 Å². The molecule has 0 bridgehead atoms. The van der Waals surface area contributed by atoms with Gasteiger partial charge in [-0.25, -0.2) is 9.69 Å². The van der Waals surface area contributed by atoms with Gasteiger partial charge < -0.3 is 4.74 Å². The van der Waals surface area contributed by atoms with E-state index in [9.17, 15) is 14.4 Å². The normalized spacial score (nSPS) is 21.3. The minimum absolute atomic E-state index is 0.184. The Morgan fingerprint density at radius 1 is 0.963 bits per heavy atom. The number of hydrogen-bond acceptors (Lipinski definition) is 4. The molecule has 4 rings (SSSR count). The van der Waals surface area contributed by atoms with E-state index in [2.05, 4.69) is 0 Å². The molecule has 136 valence electrons. The van der Waals surface area contributed by atoms with Gasteiger partial charge in [-0.2, -0.15) is 0 Å². The van der Waals surface area contributed by atoms with Crippen molar-refractivity contribution in [2.75, 3.05) is 4.90 Å². The van der Waals surface area contributed by atoms with Crippen molar-refractivity contribution in [2.24, 2.45) is 11.8 Å². The molecule has 0 saturated carbocycles. The molecule has 1 aliphatic heterocycles. The van der Waals surface area contributed by atoms with Crippen LogP contribution in [0.4, 0.5) is 5.69 Å². The van der Waals surface area contributed by atoms with Crippen LogP contribution in [0.3, 0.4) is 0 Å². The van der Waals surface area contributed by atoms with Crippen molar-refractivity contribution in [3.05, 3.63) is 71.8 Å². The molecule has 0 N–H and O–H groups in total. The van der Waals surface area contributed by atoms with Crippen LogP contribution in [0.2, 0.25) is 0 Å². The van der Waals surface area contributed by atoms with E-state index in [4.69, 9.17) is 4.74 Å². The maximum absolute atomic E-state index is 12.7. The van der Waals surface area contributed by atoms with Crippen LogP contribution in [0.1, 0.15) is 28.8 Å². The van der Waals surface area contributed by atoms with Crippen molar-refractivity contribution >= 4 is 23.5 Å². The number of hydrogen-bond donors (Lipinski definition) is 0. The molecule has 1 heterocycles. The number of allylic oxidation sites excluding steroid dienone is 2. The van der Waals surface area contributed by atoms with E-state index in [-0.39, 0.29) is 23.7 Å². The highest BCUT2D eigenvalue weighted by atomic mass is 16.5. The zero-order valence-electron chi connectivity index (χ0n) is 14.9. The summed E-state index contributed by atoms with van der Waals surface area (Å²) in [6.45, 7) is 1.94. The number of imide groups is 1. The van der Waals surface area contributed by atoms with Crippen molar-refractivity contribution in [3.8, 4) is 5.75 Å². The van der Waals surface area contributed by atoms with Crippen LogP contribution >= 0.6 is 0 Å². The maximum atomic E-state index is 12.7. The summed E-state index contributed by atoms with van der Waals surface area (Å²) < 4.78 is 5.43. The smallest absolute Gasteiger partial charge is 0.343 e. The van der Waals surface area contributed by atoms with E-state index in [1.165, 1.54) is 4.90 Å². The second-order valence-electron chi connectivity index (χ2n) is 6.92. The van der Waals surface area contributed by atoms with Crippen LogP contribution in [-0.2, 0) is 9.59 Å². The van der Waals surface area contributed by atoms with Gasteiger partial charge in [0, 0.05) is 6.07 Å². The number of anilines is 1. The third-order valence-corrected chi connectivity index (χ3v) is 5.08. The molecule has 1 fully saturated rings. The van der Waals surface area contributed by atoms with Crippen LogP contribution in [-0.4, -0.2) is 17.8 Å². The lowest BCUT2D eigenvalue weighted by Gasteiger charge is -2.15. The van der Waals surface area contributed by atoms with E-state index in [0.29, 0.717) is 29.8 Å². The fourth-order valence-electron chi connectivity index (χ4n) is 3.60. The second-order valence-corrected chi connectivity index (χ2v) is 6.92. The van der Waals surface area contributed by atoms with Gasteiger partial charge in [0.15, 0.2) is 0 Å². The van der Waals surface area contributed by atoms with Crippen LogP contribution in [0.5, 0.6) is 5.75 Å². The number of esters is 1. The fourth-order valence-corrected chi connectivity index (χ4v) is 3.60. The summed E-state index contributed by atoms with van der Waals surface area (Å²) in [5.41, 5.74) is 1.93. The molecule has 0 unspecified atom stereocenters. The number of fused-ring (bicyclic) bond motifs is 1. The van der Waals surface area contributed by atoms with Gasteiger partial charge >= 0.3 is 5.97 Å². The maximum Gasteiger partial charge on any atom is 0.343 e. The average Bonchev–Trinajstić information content (AvgIpc) is 2.93. The average molecular weight is 361 g/mol. The van der Waals surface area contributed by atoms with Crippen molar-refractivity contribution in [1.82, 2.24) is 0 Å². The van der Waals surface area contributed by atoms with Gasteiger partial charge in [0.25, 0.3) is 0 Å². The van der Waals surface area contributed by atoms with Gasteiger partial charge in [-0.15, -0.1) is 0 Å². The topological polar surface area (TPSA) is 63.7 Å². The number of amides is 2. The Morgan fingerprint density at radius 3 is 2.22 bits per heavy atom. The van der Waals surface area contributed by atoms with Gasteiger partial charge in [0.05, 0.1) is 23.1 Å². The summed E-state index contributed by atoms with van der Waals surface area (Å²) in [6.07, 6.45) is 5.09. The Labute approximate surface area is 157 Å². The second kappa shape index (κ2) is 6.83. The molecule has 0 radical (unpaired) electrons. The third kappa shape index (κ3) is 3.16. The van der Waals surface area contributed by atoms with Crippen molar-refractivity contribution in [3.63, 3.8) is 0 Å².